The number of nitrogen functional groups attached to an aromatic ring is 1. The highest BCUT2D eigenvalue weighted by atomic mass is 16.5. The SMILES string of the molecule is CC(C)Oc1cccc(N)n1. The molecular weight excluding hydrogens is 140 g/mol. The minimum absolute atomic E-state index is 0.143. The Bertz CT molecular complexity index is 235. The Hall–Kier alpha value is -1.25. The molecule has 0 radical (unpaired) electrons. The summed E-state index contributed by atoms with van der Waals surface area (Å²) in [6.45, 7) is 3.90. The highest BCUT2D eigenvalue weighted by Gasteiger charge is 1.97. The summed E-state index contributed by atoms with van der Waals surface area (Å²) >= 11 is 0. The molecule has 0 atom stereocenters. The van der Waals surface area contributed by atoms with E-state index in [2.05, 4.69) is 4.98 Å². The monoisotopic (exact) mass is 152 g/mol. The van der Waals surface area contributed by atoms with Crippen LogP contribution >= 0.6 is 0 Å². The van der Waals surface area contributed by atoms with Gasteiger partial charge in [-0.05, 0) is 19.9 Å². The Kier molecular flexibility index (Phi) is 2.31. The third-order valence-corrected chi connectivity index (χ3v) is 1.10. The lowest BCUT2D eigenvalue weighted by molar-refractivity contribution is 0.233. The molecule has 3 nitrogen and oxygen atoms in total. The number of ether oxygens (including phenoxy) is 1. The van der Waals surface area contributed by atoms with Crippen LogP contribution in [0.4, 0.5) is 5.82 Å². The quantitative estimate of drug-likeness (QED) is 0.697. The van der Waals surface area contributed by atoms with Gasteiger partial charge in [0.1, 0.15) is 5.82 Å². The highest BCUT2D eigenvalue weighted by molar-refractivity contribution is 5.31. The maximum absolute atomic E-state index is 5.44. The first kappa shape index (κ1) is 7.85. The Morgan fingerprint density at radius 1 is 1.45 bits per heavy atom. The molecule has 0 fully saturated rings. The third kappa shape index (κ3) is 2.45. The number of hydrogen-bond donors (Lipinski definition) is 1. The van der Waals surface area contributed by atoms with E-state index in [0.29, 0.717) is 11.7 Å². The Labute approximate surface area is 66.2 Å². The fraction of sp³-hybridized carbons (Fsp3) is 0.375. The summed E-state index contributed by atoms with van der Waals surface area (Å²) < 4.78 is 5.30. The molecule has 3 heteroatoms. The van der Waals surface area contributed by atoms with Gasteiger partial charge in [0.25, 0.3) is 0 Å². The summed E-state index contributed by atoms with van der Waals surface area (Å²) in [5, 5.41) is 0. The molecular formula is C8H12N2O. The molecule has 0 aliphatic rings. The molecule has 0 amide bonds. The first-order valence-corrected chi connectivity index (χ1v) is 3.57. The molecule has 1 rings (SSSR count). The normalized spacial score (nSPS) is 10.1. The lowest BCUT2D eigenvalue weighted by Crippen LogP contribution is -2.07. The van der Waals surface area contributed by atoms with Gasteiger partial charge >= 0.3 is 0 Å². The highest BCUT2D eigenvalue weighted by Crippen LogP contribution is 2.09. The largest absolute Gasteiger partial charge is 0.475 e. The molecule has 0 aliphatic carbocycles. The molecule has 0 bridgehead atoms. The first-order valence-electron chi connectivity index (χ1n) is 3.57. The number of rotatable bonds is 2. The van der Waals surface area contributed by atoms with Gasteiger partial charge in [-0.2, -0.15) is 4.98 Å². The number of hydrogen-bond acceptors (Lipinski definition) is 3. The van der Waals surface area contributed by atoms with E-state index in [1.807, 2.05) is 19.9 Å². The predicted octanol–water partition coefficient (Wildman–Crippen LogP) is 1.45. The lowest BCUT2D eigenvalue weighted by atomic mass is 10.4. The number of aromatic nitrogens is 1. The van der Waals surface area contributed by atoms with Gasteiger partial charge in [-0.1, -0.05) is 6.07 Å². The topological polar surface area (TPSA) is 48.1 Å². The summed E-state index contributed by atoms with van der Waals surface area (Å²) in [5.41, 5.74) is 5.44. The smallest absolute Gasteiger partial charge is 0.215 e. The zero-order valence-electron chi connectivity index (χ0n) is 6.74. The van der Waals surface area contributed by atoms with Gasteiger partial charge in [0.2, 0.25) is 5.88 Å². The van der Waals surface area contributed by atoms with Crippen LogP contribution in [0.2, 0.25) is 0 Å². The van der Waals surface area contributed by atoms with Gasteiger partial charge in [-0.3, -0.25) is 0 Å². The molecule has 0 aromatic carbocycles. The maximum Gasteiger partial charge on any atom is 0.215 e. The van der Waals surface area contributed by atoms with Crippen LogP contribution in [0.3, 0.4) is 0 Å². The van der Waals surface area contributed by atoms with Gasteiger partial charge in [-0.25, -0.2) is 0 Å². The minimum atomic E-state index is 0.143. The summed E-state index contributed by atoms with van der Waals surface area (Å²) in [4.78, 5) is 3.97. The lowest BCUT2D eigenvalue weighted by Gasteiger charge is -2.07. The molecule has 0 unspecified atom stereocenters. The fourth-order valence-electron chi connectivity index (χ4n) is 0.738. The zero-order valence-corrected chi connectivity index (χ0v) is 6.74. The molecule has 2 N–H and O–H groups in total. The second-order valence-electron chi connectivity index (χ2n) is 2.57. The van der Waals surface area contributed by atoms with E-state index in [0.717, 1.165) is 0 Å². The van der Waals surface area contributed by atoms with Gasteiger partial charge in [0.15, 0.2) is 0 Å². The Balaban J connectivity index is 2.71. The fourth-order valence-corrected chi connectivity index (χ4v) is 0.738. The Morgan fingerprint density at radius 3 is 2.73 bits per heavy atom. The molecule has 1 aromatic heterocycles. The molecule has 0 saturated heterocycles. The third-order valence-electron chi connectivity index (χ3n) is 1.10. The molecule has 1 aromatic rings. The van der Waals surface area contributed by atoms with E-state index in [1.54, 1.807) is 12.1 Å². The predicted molar refractivity (Wildman–Crippen MR) is 44.4 cm³/mol. The van der Waals surface area contributed by atoms with Crippen molar-refractivity contribution in [2.45, 2.75) is 20.0 Å². The van der Waals surface area contributed by atoms with E-state index in [1.165, 1.54) is 0 Å². The van der Waals surface area contributed by atoms with E-state index in [4.69, 9.17) is 10.5 Å². The number of nitrogens with zero attached hydrogens (tertiary/aromatic N) is 1. The van der Waals surface area contributed by atoms with Crippen molar-refractivity contribution in [3.63, 3.8) is 0 Å². The van der Waals surface area contributed by atoms with Crippen molar-refractivity contribution < 1.29 is 4.74 Å². The molecule has 0 spiro atoms. The van der Waals surface area contributed by atoms with E-state index >= 15 is 0 Å². The van der Waals surface area contributed by atoms with E-state index < -0.39 is 0 Å². The van der Waals surface area contributed by atoms with Crippen LogP contribution in [-0.4, -0.2) is 11.1 Å². The molecule has 1 heterocycles. The second-order valence-corrected chi connectivity index (χ2v) is 2.57. The summed E-state index contributed by atoms with van der Waals surface area (Å²) in [7, 11) is 0. The number of pyridine rings is 1. The van der Waals surface area contributed by atoms with Crippen molar-refractivity contribution in [2.24, 2.45) is 0 Å². The van der Waals surface area contributed by atoms with Gasteiger partial charge in [-0.15, -0.1) is 0 Å². The number of anilines is 1. The summed E-state index contributed by atoms with van der Waals surface area (Å²) in [6, 6.07) is 5.34. The van der Waals surface area contributed by atoms with Crippen molar-refractivity contribution in [3.8, 4) is 5.88 Å². The zero-order chi connectivity index (χ0) is 8.27. The van der Waals surface area contributed by atoms with Gasteiger partial charge < -0.3 is 10.5 Å². The van der Waals surface area contributed by atoms with Crippen molar-refractivity contribution in [1.29, 1.82) is 0 Å². The Morgan fingerprint density at radius 2 is 2.18 bits per heavy atom. The van der Waals surface area contributed by atoms with Crippen LogP contribution in [0.25, 0.3) is 0 Å². The van der Waals surface area contributed by atoms with Gasteiger partial charge in [0, 0.05) is 6.07 Å². The molecule has 0 saturated carbocycles. The average molecular weight is 152 g/mol. The molecule has 60 valence electrons. The van der Waals surface area contributed by atoms with Crippen LogP contribution in [0.15, 0.2) is 18.2 Å². The molecule has 0 aliphatic heterocycles. The van der Waals surface area contributed by atoms with E-state index in [9.17, 15) is 0 Å². The van der Waals surface area contributed by atoms with Gasteiger partial charge in [0.05, 0.1) is 6.10 Å². The van der Waals surface area contributed by atoms with Crippen LogP contribution in [0, 0.1) is 0 Å². The van der Waals surface area contributed by atoms with Crippen LogP contribution in [0.1, 0.15) is 13.8 Å². The van der Waals surface area contributed by atoms with Crippen LogP contribution in [0.5, 0.6) is 5.88 Å². The standard InChI is InChI=1S/C8H12N2O/c1-6(2)11-8-5-3-4-7(9)10-8/h3-6H,1-2H3,(H2,9,10). The first-order chi connectivity index (χ1) is 5.18. The summed E-state index contributed by atoms with van der Waals surface area (Å²) in [6.07, 6.45) is 0.143. The van der Waals surface area contributed by atoms with Crippen molar-refractivity contribution in [1.82, 2.24) is 4.98 Å². The average Bonchev–Trinajstić information content (AvgIpc) is 1.85. The maximum atomic E-state index is 5.44. The minimum Gasteiger partial charge on any atom is -0.475 e. The van der Waals surface area contributed by atoms with Crippen LogP contribution < -0.4 is 10.5 Å². The number of nitrogens with two attached hydrogens (primary N) is 1. The summed E-state index contributed by atoms with van der Waals surface area (Å²) in [5.74, 6) is 1.07. The van der Waals surface area contributed by atoms with Crippen molar-refractivity contribution in [3.05, 3.63) is 18.2 Å². The van der Waals surface area contributed by atoms with E-state index in [-0.39, 0.29) is 6.10 Å². The van der Waals surface area contributed by atoms with Crippen LogP contribution in [-0.2, 0) is 0 Å². The van der Waals surface area contributed by atoms with Crippen molar-refractivity contribution in [2.75, 3.05) is 5.73 Å². The van der Waals surface area contributed by atoms with Crippen molar-refractivity contribution >= 4 is 5.82 Å². The molecule has 11 heavy (non-hydrogen) atoms. The second kappa shape index (κ2) is 3.23.